The fraction of sp³-hybridized carbons (Fsp3) is 0.0769. The van der Waals surface area contributed by atoms with Crippen LogP contribution in [0.2, 0.25) is 0 Å². The van der Waals surface area contributed by atoms with E-state index in [0.29, 0.717) is 17.0 Å². The standard InChI is InChI=1S/C13H10N2O2/c14-9-10-3-5-11(6-4-10)15-13(16)8-12-2-1-7-17-12/h1-7H,8H2,(H,15,16). The van der Waals surface area contributed by atoms with E-state index in [1.807, 2.05) is 6.07 Å². The first-order valence-electron chi connectivity index (χ1n) is 5.10. The van der Waals surface area contributed by atoms with Crippen LogP contribution in [-0.2, 0) is 11.2 Å². The first-order chi connectivity index (χ1) is 8.28. The Hall–Kier alpha value is -2.54. The fourth-order valence-electron chi connectivity index (χ4n) is 1.40. The SMILES string of the molecule is N#Cc1ccc(NC(=O)Cc2ccco2)cc1. The molecule has 0 atom stereocenters. The molecule has 0 aliphatic carbocycles. The topological polar surface area (TPSA) is 66.0 Å². The van der Waals surface area contributed by atoms with E-state index in [1.54, 1.807) is 36.4 Å². The van der Waals surface area contributed by atoms with Gasteiger partial charge in [-0.25, -0.2) is 0 Å². The van der Waals surface area contributed by atoms with Crippen LogP contribution in [0.3, 0.4) is 0 Å². The average molecular weight is 226 g/mol. The number of amides is 1. The molecule has 1 N–H and O–H groups in total. The van der Waals surface area contributed by atoms with Gasteiger partial charge in [0.25, 0.3) is 0 Å². The zero-order chi connectivity index (χ0) is 12.1. The normalized spacial score (nSPS) is 9.59. The van der Waals surface area contributed by atoms with E-state index in [-0.39, 0.29) is 12.3 Å². The van der Waals surface area contributed by atoms with Crippen molar-refractivity contribution in [1.82, 2.24) is 0 Å². The summed E-state index contributed by atoms with van der Waals surface area (Å²) in [6.07, 6.45) is 1.73. The van der Waals surface area contributed by atoms with Crippen LogP contribution in [0.15, 0.2) is 47.1 Å². The van der Waals surface area contributed by atoms with E-state index >= 15 is 0 Å². The average Bonchev–Trinajstić information content (AvgIpc) is 2.82. The summed E-state index contributed by atoms with van der Waals surface area (Å²) in [5.74, 6) is 0.473. The summed E-state index contributed by atoms with van der Waals surface area (Å²) < 4.78 is 5.07. The summed E-state index contributed by atoms with van der Waals surface area (Å²) in [7, 11) is 0. The molecule has 1 amide bonds. The van der Waals surface area contributed by atoms with Crippen molar-refractivity contribution in [2.24, 2.45) is 0 Å². The van der Waals surface area contributed by atoms with Crippen molar-refractivity contribution < 1.29 is 9.21 Å². The number of hydrogen-bond donors (Lipinski definition) is 1. The molecule has 2 aromatic rings. The Morgan fingerprint density at radius 2 is 2.06 bits per heavy atom. The van der Waals surface area contributed by atoms with Crippen molar-refractivity contribution in [3.8, 4) is 6.07 Å². The van der Waals surface area contributed by atoms with Crippen molar-refractivity contribution in [1.29, 1.82) is 5.26 Å². The van der Waals surface area contributed by atoms with Crippen LogP contribution in [0.5, 0.6) is 0 Å². The molecule has 0 saturated heterocycles. The molecule has 17 heavy (non-hydrogen) atoms. The molecule has 0 aliphatic rings. The van der Waals surface area contributed by atoms with Gasteiger partial charge in [0.2, 0.25) is 5.91 Å². The molecule has 4 heteroatoms. The molecule has 0 bridgehead atoms. The van der Waals surface area contributed by atoms with Crippen LogP contribution >= 0.6 is 0 Å². The highest BCUT2D eigenvalue weighted by Gasteiger charge is 2.05. The van der Waals surface area contributed by atoms with Crippen molar-refractivity contribution in [3.05, 3.63) is 54.0 Å². The third-order valence-corrected chi connectivity index (χ3v) is 2.21. The third-order valence-electron chi connectivity index (χ3n) is 2.21. The summed E-state index contributed by atoms with van der Waals surface area (Å²) in [6.45, 7) is 0. The highest BCUT2D eigenvalue weighted by Crippen LogP contribution is 2.10. The number of benzene rings is 1. The van der Waals surface area contributed by atoms with E-state index < -0.39 is 0 Å². The van der Waals surface area contributed by atoms with Crippen molar-refractivity contribution in [3.63, 3.8) is 0 Å². The lowest BCUT2D eigenvalue weighted by molar-refractivity contribution is -0.115. The molecule has 0 radical (unpaired) electrons. The van der Waals surface area contributed by atoms with Crippen LogP contribution in [0.25, 0.3) is 0 Å². The Morgan fingerprint density at radius 1 is 1.29 bits per heavy atom. The first-order valence-corrected chi connectivity index (χ1v) is 5.10. The molecule has 84 valence electrons. The summed E-state index contributed by atoms with van der Waals surface area (Å²) in [5.41, 5.74) is 1.23. The molecule has 0 fully saturated rings. The van der Waals surface area contributed by atoms with Crippen LogP contribution in [0, 0.1) is 11.3 Å². The molecule has 0 aliphatic heterocycles. The number of nitrogens with one attached hydrogen (secondary N) is 1. The highest BCUT2D eigenvalue weighted by molar-refractivity contribution is 5.91. The van der Waals surface area contributed by atoms with Gasteiger partial charge in [0.1, 0.15) is 5.76 Å². The zero-order valence-electron chi connectivity index (χ0n) is 9.01. The molecule has 1 aromatic carbocycles. The van der Waals surface area contributed by atoms with E-state index in [1.165, 1.54) is 6.26 Å². The highest BCUT2D eigenvalue weighted by atomic mass is 16.3. The number of nitriles is 1. The second kappa shape index (κ2) is 4.99. The number of hydrogen-bond acceptors (Lipinski definition) is 3. The zero-order valence-corrected chi connectivity index (χ0v) is 9.01. The molecule has 0 saturated carbocycles. The number of furan rings is 1. The summed E-state index contributed by atoms with van der Waals surface area (Å²) in [4.78, 5) is 11.6. The number of nitrogens with zero attached hydrogens (tertiary/aromatic N) is 1. The van der Waals surface area contributed by atoms with Crippen LogP contribution in [-0.4, -0.2) is 5.91 Å². The molecular weight excluding hydrogens is 216 g/mol. The molecule has 4 nitrogen and oxygen atoms in total. The Bertz CT molecular complexity index is 536. The van der Waals surface area contributed by atoms with E-state index in [9.17, 15) is 4.79 Å². The smallest absolute Gasteiger partial charge is 0.231 e. The van der Waals surface area contributed by atoms with E-state index in [2.05, 4.69) is 5.32 Å². The van der Waals surface area contributed by atoms with Crippen molar-refractivity contribution >= 4 is 11.6 Å². The molecule has 0 unspecified atom stereocenters. The minimum atomic E-state index is -0.148. The quantitative estimate of drug-likeness (QED) is 0.873. The van der Waals surface area contributed by atoms with Gasteiger partial charge >= 0.3 is 0 Å². The third kappa shape index (κ3) is 2.95. The predicted molar refractivity (Wildman–Crippen MR) is 62.2 cm³/mol. The molecule has 2 rings (SSSR count). The van der Waals surface area contributed by atoms with E-state index in [0.717, 1.165) is 0 Å². The van der Waals surface area contributed by atoms with Gasteiger partial charge in [-0.15, -0.1) is 0 Å². The second-order valence-electron chi connectivity index (χ2n) is 3.49. The van der Waals surface area contributed by atoms with Gasteiger partial charge in [-0.2, -0.15) is 5.26 Å². The van der Waals surface area contributed by atoms with Crippen molar-refractivity contribution in [2.45, 2.75) is 6.42 Å². The lowest BCUT2D eigenvalue weighted by atomic mass is 10.2. The molecular formula is C13H10N2O2. The first kappa shape index (κ1) is 11.0. The van der Waals surface area contributed by atoms with Crippen LogP contribution in [0.1, 0.15) is 11.3 Å². The van der Waals surface area contributed by atoms with Gasteiger partial charge in [-0.05, 0) is 36.4 Å². The summed E-state index contributed by atoms with van der Waals surface area (Å²) >= 11 is 0. The predicted octanol–water partition coefficient (Wildman–Crippen LogP) is 2.33. The van der Waals surface area contributed by atoms with Gasteiger partial charge < -0.3 is 9.73 Å². The number of carbonyl (C=O) groups is 1. The Kier molecular flexibility index (Phi) is 3.22. The van der Waals surface area contributed by atoms with E-state index in [4.69, 9.17) is 9.68 Å². The van der Waals surface area contributed by atoms with Gasteiger partial charge in [0.15, 0.2) is 0 Å². The van der Waals surface area contributed by atoms with Gasteiger partial charge in [-0.1, -0.05) is 0 Å². The molecule has 1 aromatic heterocycles. The molecule has 0 spiro atoms. The minimum absolute atomic E-state index is 0.148. The van der Waals surface area contributed by atoms with Crippen molar-refractivity contribution in [2.75, 3.05) is 5.32 Å². The van der Waals surface area contributed by atoms with Crippen LogP contribution < -0.4 is 5.32 Å². The molecule has 1 heterocycles. The Morgan fingerprint density at radius 3 is 2.65 bits per heavy atom. The number of rotatable bonds is 3. The number of anilines is 1. The van der Waals surface area contributed by atoms with Crippen LogP contribution in [0.4, 0.5) is 5.69 Å². The monoisotopic (exact) mass is 226 g/mol. The lowest BCUT2D eigenvalue weighted by Gasteiger charge is -2.03. The lowest BCUT2D eigenvalue weighted by Crippen LogP contribution is -2.13. The second-order valence-corrected chi connectivity index (χ2v) is 3.49. The van der Waals surface area contributed by atoms with Gasteiger partial charge in [-0.3, -0.25) is 4.79 Å². The van der Waals surface area contributed by atoms with Gasteiger partial charge in [0.05, 0.1) is 24.3 Å². The maximum atomic E-state index is 11.6. The fourth-order valence-corrected chi connectivity index (χ4v) is 1.40. The number of carbonyl (C=O) groups excluding carboxylic acids is 1. The Balaban J connectivity index is 1.96. The summed E-state index contributed by atoms with van der Waals surface area (Å²) in [6, 6.07) is 12.2. The largest absolute Gasteiger partial charge is 0.469 e. The van der Waals surface area contributed by atoms with Gasteiger partial charge in [0, 0.05) is 5.69 Å². The maximum absolute atomic E-state index is 11.6. The minimum Gasteiger partial charge on any atom is -0.469 e. The summed E-state index contributed by atoms with van der Waals surface area (Å²) in [5, 5.41) is 11.4. The maximum Gasteiger partial charge on any atom is 0.231 e. The Labute approximate surface area is 98.5 Å².